The molecule has 8 heavy (non-hydrogen) atoms. The van der Waals surface area contributed by atoms with Crippen molar-refractivity contribution in [3.8, 4) is 0 Å². The fourth-order valence-corrected chi connectivity index (χ4v) is 0.430. The zero-order chi connectivity index (χ0) is 5.98. The highest BCUT2D eigenvalue weighted by molar-refractivity contribution is 5.46. The van der Waals surface area contributed by atoms with Crippen LogP contribution in [0.1, 0.15) is 0 Å². The lowest BCUT2D eigenvalue weighted by Gasteiger charge is -1.89. The van der Waals surface area contributed by atoms with Gasteiger partial charge in [-0.05, 0) is 6.07 Å². The first kappa shape index (κ1) is 4.90. The Morgan fingerprint density at radius 3 is 2.62 bits per heavy atom. The van der Waals surface area contributed by atoms with E-state index in [1.54, 1.807) is 6.07 Å². The molecule has 41 valence electrons. The van der Waals surface area contributed by atoms with E-state index in [4.69, 9.17) is 11.5 Å². The van der Waals surface area contributed by atoms with Crippen LogP contribution in [-0.2, 0) is 0 Å². The van der Waals surface area contributed by atoms with E-state index in [9.17, 15) is 0 Å². The summed E-state index contributed by atoms with van der Waals surface area (Å²) in [7, 11) is 0. The molecule has 0 aliphatic heterocycles. The number of aromatic nitrogens is 1. The fraction of sp³-hybridized carbons (Fsp3) is 0. The molecule has 0 bridgehead atoms. The first-order valence-electron chi connectivity index (χ1n) is 2.18. The number of hydrogen-bond acceptors (Lipinski definition) is 3. The Morgan fingerprint density at radius 2 is 2.25 bits per heavy atom. The third-order valence-electron chi connectivity index (χ3n) is 0.729. The molecule has 0 unspecified atom stereocenters. The largest absolute Gasteiger partial charge is 0.397 e. The van der Waals surface area contributed by atoms with Gasteiger partial charge in [-0.2, -0.15) is 0 Å². The lowest BCUT2D eigenvalue weighted by Crippen LogP contribution is -1.90. The number of pyridine rings is 1. The standard InChI is InChI=1S/C5H6N3/c6-4-1-5(7)3-8-2-4/h1-2H,6-7H2. The van der Waals surface area contributed by atoms with Gasteiger partial charge in [-0.15, -0.1) is 0 Å². The number of rotatable bonds is 0. The van der Waals surface area contributed by atoms with E-state index in [2.05, 4.69) is 11.2 Å². The molecule has 0 aliphatic carbocycles. The molecule has 1 aromatic heterocycles. The average Bonchev–Trinajstić information content (AvgIpc) is 1.64. The molecule has 0 fully saturated rings. The summed E-state index contributed by atoms with van der Waals surface area (Å²) in [6, 6.07) is 1.60. The quantitative estimate of drug-likeness (QED) is 0.493. The first-order valence-corrected chi connectivity index (χ1v) is 2.18. The first-order chi connectivity index (χ1) is 3.79. The molecule has 0 aromatic carbocycles. The van der Waals surface area contributed by atoms with E-state index in [1.807, 2.05) is 0 Å². The Hall–Kier alpha value is -1.25. The van der Waals surface area contributed by atoms with Crippen molar-refractivity contribution in [3.05, 3.63) is 18.5 Å². The molecule has 1 aromatic rings. The molecule has 0 amide bonds. The van der Waals surface area contributed by atoms with E-state index in [-0.39, 0.29) is 0 Å². The predicted molar refractivity (Wildman–Crippen MR) is 31.9 cm³/mol. The lowest BCUT2D eigenvalue weighted by atomic mass is 10.4. The summed E-state index contributed by atoms with van der Waals surface area (Å²) in [6.07, 6.45) is 4.02. The van der Waals surface area contributed by atoms with Gasteiger partial charge in [-0.1, -0.05) is 0 Å². The zero-order valence-corrected chi connectivity index (χ0v) is 4.26. The Balaban J connectivity index is 3.08. The summed E-state index contributed by atoms with van der Waals surface area (Å²) in [5, 5.41) is 0. The predicted octanol–water partition coefficient (Wildman–Crippen LogP) is 0.0462. The molecule has 0 spiro atoms. The zero-order valence-electron chi connectivity index (χ0n) is 4.26. The average molecular weight is 108 g/mol. The van der Waals surface area contributed by atoms with E-state index in [0.717, 1.165) is 0 Å². The van der Waals surface area contributed by atoms with E-state index in [0.29, 0.717) is 11.4 Å². The topological polar surface area (TPSA) is 64.9 Å². The minimum absolute atomic E-state index is 0.477. The minimum Gasteiger partial charge on any atom is -0.397 e. The molecule has 1 heterocycles. The molecule has 0 saturated heterocycles. The van der Waals surface area contributed by atoms with Gasteiger partial charge in [0.15, 0.2) is 0 Å². The van der Waals surface area contributed by atoms with Crippen LogP contribution in [0, 0.1) is 6.20 Å². The summed E-state index contributed by atoms with van der Waals surface area (Å²) in [5.41, 5.74) is 11.6. The molecule has 0 saturated carbocycles. The van der Waals surface area contributed by atoms with Crippen LogP contribution in [0.5, 0.6) is 0 Å². The third kappa shape index (κ3) is 0.872. The van der Waals surface area contributed by atoms with E-state index in [1.165, 1.54) is 6.20 Å². The Kier molecular flexibility index (Phi) is 1.04. The van der Waals surface area contributed by atoms with Crippen molar-refractivity contribution >= 4 is 11.4 Å². The SMILES string of the molecule is Nc1[c]ncc(N)c1. The third-order valence-corrected chi connectivity index (χ3v) is 0.729. The Morgan fingerprint density at radius 1 is 1.50 bits per heavy atom. The maximum atomic E-state index is 5.30. The monoisotopic (exact) mass is 108 g/mol. The van der Waals surface area contributed by atoms with Crippen molar-refractivity contribution in [1.82, 2.24) is 4.98 Å². The number of nitrogens with zero attached hydrogens (tertiary/aromatic N) is 1. The van der Waals surface area contributed by atoms with Crippen molar-refractivity contribution < 1.29 is 0 Å². The summed E-state index contributed by atoms with van der Waals surface area (Å²) in [6.45, 7) is 0. The molecule has 1 radical (unpaired) electrons. The smallest absolute Gasteiger partial charge is 0.114 e. The van der Waals surface area contributed by atoms with Crippen molar-refractivity contribution in [3.63, 3.8) is 0 Å². The van der Waals surface area contributed by atoms with Gasteiger partial charge in [0.2, 0.25) is 0 Å². The number of anilines is 2. The molecular formula is C5H6N3. The highest BCUT2D eigenvalue weighted by atomic mass is 14.7. The Bertz CT molecular complexity index is 168. The van der Waals surface area contributed by atoms with Gasteiger partial charge in [0.25, 0.3) is 0 Å². The minimum atomic E-state index is 0.477. The molecule has 4 N–H and O–H groups in total. The second-order valence-electron chi connectivity index (χ2n) is 1.47. The molecule has 3 nitrogen and oxygen atoms in total. The highest BCUT2D eigenvalue weighted by Crippen LogP contribution is 2.02. The van der Waals surface area contributed by atoms with Crippen LogP contribution < -0.4 is 11.5 Å². The molecular weight excluding hydrogens is 102 g/mol. The van der Waals surface area contributed by atoms with Crippen molar-refractivity contribution in [2.24, 2.45) is 0 Å². The lowest BCUT2D eigenvalue weighted by molar-refractivity contribution is 1.32. The van der Waals surface area contributed by atoms with Gasteiger partial charge in [0.05, 0.1) is 17.6 Å². The van der Waals surface area contributed by atoms with Crippen molar-refractivity contribution in [2.75, 3.05) is 11.5 Å². The van der Waals surface area contributed by atoms with Gasteiger partial charge in [-0.25, -0.2) is 0 Å². The highest BCUT2D eigenvalue weighted by Gasteiger charge is 1.84. The second-order valence-corrected chi connectivity index (χ2v) is 1.47. The van der Waals surface area contributed by atoms with Crippen LogP contribution in [0.2, 0.25) is 0 Å². The maximum Gasteiger partial charge on any atom is 0.114 e. The fourth-order valence-electron chi connectivity index (χ4n) is 0.430. The van der Waals surface area contributed by atoms with Gasteiger partial charge < -0.3 is 11.5 Å². The molecule has 0 atom stereocenters. The van der Waals surface area contributed by atoms with Crippen LogP contribution in [0.25, 0.3) is 0 Å². The van der Waals surface area contributed by atoms with Crippen LogP contribution in [0.3, 0.4) is 0 Å². The summed E-state index contributed by atoms with van der Waals surface area (Å²) >= 11 is 0. The van der Waals surface area contributed by atoms with Gasteiger partial charge in [-0.3, -0.25) is 4.98 Å². The number of hydrogen-bond donors (Lipinski definition) is 2. The van der Waals surface area contributed by atoms with Gasteiger partial charge in [0.1, 0.15) is 6.20 Å². The summed E-state index contributed by atoms with van der Waals surface area (Å²) in [5.74, 6) is 0. The number of nitrogens with two attached hydrogens (primary N) is 2. The molecule has 3 heteroatoms. The molecule has 0 aliphatic rings. The van der Waals surface area contributed by atoms with Crippen molar-refractivity contribution in [2.45, 2.75) is 0 Å². The maximum absolute atomic E-state index is 5.30. The van der Waals surface area contributed by atoms with E-state index < -0.39 is 0 Å². The van der Waals surface area contributed by atoms with Gasteiger partial charge in [0, 0.05) is 0 Å². The van der Waals surface area contributed by atoms with E-state index >= 15 is 0 Å². The second kappa shape index (κ2) is 1.69. The van der Waals surface area contributed by atoms with Crippen LogP contribution in [0.15, 0.2) is 12.3 Å². The summed E-state index contributed by atoms with van der Waals surface area (Å²) < 4.78 is 0. The van der Waals surface area contributed by atoms with Gasteiger partial charge >= 0.3 is 0 Å². The number of nitrogen functional groups attached to an aromatic ring is 2. The van der Waals surface area contributed by atoms with Crippen LogP contribution in [0.4, 0.5) is 11.4 Å². The summed E-state index contributed by atoms with van der Waals surface area (Å²) in [4.78, 5) is 3.61. The Labute approximate surface area is 47.3 Å². The molecule has 1 rings (SSSR count). The van der Waals surface area contributed by atoms with Crippen molar-refractivity contribution in [1.29, 1.82) is 0 Å². The normalized spacial score (nSPS) is 9.00. The van der Waals surface area contributed by atoms with Crippen LogP contribution >= 0.6 is 0 Å². The van der Waals surface area contributed by atoms with Crippen LogP contribution in [-0.4, -0.2) is 4.98 Å².